The third kappa shape index (κ3) is 5.30. The molecule has 200 valence electrons. The predicted octanol–water partition coefficient (Wildman–Crippen LogP) is 8.43. The van der Waals surface area contributed by atoms with Crippen molar-refractivity contribution >= 4 is 28.3 Å². The molecule has 39 heavy (non-hydrogen) atoms. The number of halogens is 6. The van der Waals surface area contributed by atoms with Gasteiger partial charge in [0.1, 0.15) is 0 Å². The van der Waals surface area contributed by atoms with Gasteiger partial charge in [-0.3, -0.25) is 4.79 Å². The molecule has 0 fully saturated rings. The Balaban J connectivity index is 1.88. The van der Waals surface area contributed by atoms with E-state index in [1.807, 2.05) is 0 Å². The summed E-state index contributed by atoms with van der Waals surface area (Å²) in [5.74, 6) is -0.554. The average molecular weight is 541 g/mol. The van der Waals surface area contributed by atoms with Crippen molar-refractivity contribution in [3.8, 4) is 11.1 Å². The van der Waals surface area contributed by atoms with E-state index in [1.165, 1.54) is 31.9 Å². The fourth-order valence-electron chi connectivity index (χ4n) is 4.40. The average Bonchev–Trinajstić information content (AvgIpc) is 2.90. The van der Waals surface area contributed by atoms with Crippen molar-refractivity contribution in [2.75, 3.05) is 11.9 Å². The molecule has 0 saturated heterocycles. The molecule has 3 aromatic carbocycles. The Morgan fingerprint density at radius 1 is 0.821 bits per heavy atom. The van der Waals surface area contributed by atoms with Gasteiger partial charge in [-0.2, -0.15) is 26.3 Å². The highest BCUT2D eigenvalue weighted by Gasteiger charge is 2.41. The molecule has 0 N–H and O–H groups in total. The highest BCUT2D eigenvalue weighted by Crippen LogP contribution is 2.42. The monoisotopic (exact) mass is 541 g/mol. The maximum Gasteiger partial charge on any atom is 0.416 e. The lowest BCUT2D eigenvalue weighted by atomic mass is 9.81. The summed E-state index contributed by atoms with van der Waals surface area (Å²) in [4.78, 5) is 22.7. The lowest BCUT2D eigenvalue weighted by molar-refractivity contribution is -0.143. The molecular weight excluding hydrogens is 520 g/mol. The van der Waals surface area contributed by atoms with Gasteiger partial charge in [0.25, 0.3) is 5.82 Å². The predicted molar refractivity (Wildman–Crippen MR) is 136 cm³/mol. The highest BCUT2D eigenvalue weighted by molar-refractivity contribution is 6.09. The van der Waals surface area contributed by atoms with E-state index in [9.17, 15) is 31.1 Å². The number of hydrogen-bond donors (Lipinski definition) is 0. The van der Waals surface area contributed by atoms with Crippen LogP contribution in [0, 0.1) is 6.57 Å². The quantitative estimate of drug-likeness (QED) is 0.192. The first kappa shape index (κ1) is 27.6. The molecule has 1 amide bonds. The third-order valence-electron chi connectivity index (χ3n) is 6.52. The summed E-state index contributed by atoms with van der Waals surface area (Å²) in [5, 5.41) is 0.613. The van der Waals surface area contributed by atoms with E-state index in [1.54, 1.807) is 48.5 Å². The Labute approximate surface area is 220 Å². The van der Waals surface area contributed by atoms with Gasteiger partial charge in [-0.25, -0.2) is 0 Å². The molecule has 0 atom stereocenters. The molecule has 0 aliphatic rings. The molecule has 0 saturated carbocycles. The number of carbonyl (C=O) groups is 1. The topological polar surface area (TPSA) is 37.6 Å². The van der Waals surface area contributed by atoms with Crippen LogP contribution in [-0.4, -0.2) is 17.9 Å². The van der Waals surface area contributed by atoms with Gasteiger partial charge >= 0.3 is 12.4 Å². The second kappa shape index (κ2) is 9.73. The zero-order valence-corrected chi connectivity index (χ0v) is 20.9. The Hall–Kier alpha value is -4.39. The van der Waals surface area contributed by atoms with Crippen LogP contribution < -0.4 is 4.90 Å². The number of rotatable bonds is 4. The van der Waals surface area contributed by atoms with Crippen LogP contribution in [0.2, 0.25) is 0 Å². The van der Waals surface area contributed by atoms with Gasteiger partial charge in [0.15, 0.2) is 5.52 Å². The number of aromatic nitrogens is 1. The van der Waals surface area contributed by atoms with Crippen LogP contribution in [0.15, 0.2) is 72.8 Å². The summed E-state index contributed by atoms with van der Waals surface area (Å²) in [6, 6.07) is 16.6. The van der Waals surface area contributed by atoms with E-state index in [0.717, 1.165) is 0 Å². The minimum atomic E-state index is -5.04. The van der Waals surface area contributed by atoms with Crippen molar-refractivity contribution in [2.24, 2.45) is 0 Å². The summed E-state index contributed by atoms with van der Waals surface area (Å²) < 4.78 is 81.0. The van der Waals surface area contributed by atoms with Crippen molar-refractivity contribution in [3.63, 3.8) is 0 Å². The van der Waals surface area contributed by atoms with E-state index < -0.39 is 40.4 Å². The van der Waals surface area contributed by atoms with Gasteiger partial charge in [0.2, 0.25) is 5.91 Å². The normalized spacial score (nSPS) is 12.3. The van der Waals surface area contributed by atoms with Crippen molar-refractivity contribution < 1.29 is 31.1 Å². The maximum atomic E-state index is 13.8. The summed E-state index contributed by atoms with van der Waals surface area (Å²) in [6.45, 7) is 9.80. The second-order valence-corrected chi connectivity index (χ2v) is 9.46. The zero-order chi connectivity index (χ0) is 28.8. The molecule has 1 aromatic heterocycles. The molecule has 4 aromatic rings. The lowest BCUT2D eigenvalue weighted by Crippen LogP contribution is -2.42. The Bertz CT molecular complexity index is 1570. The number of benzene rings is 3. The first-order chi connectivity index (χ1) is 18.1. The summed E-state index contributed by atoms with van der Waals surface area (Å²) in [7, 11) is 1.41. The number of fused-ring (bicyclic) bond motifs is 1. The van der Waals surface area contributed by atoms with Gasteiger partial charge in [-0.05, 0) is 61.4 Å². The van der Waals surface area contributed by atoms with Crippen molar-refractivity contribution in [3.05, 3.63) is 101 Å². The zero-order valence-electron chi connectivity index (χ0n) is 20.9. The number of likely N-dealkylation sites (N-methyl/N-ethyl adjacent to an activating group) is 1. The molecule has 4 rings (SSSR count). The number of alkyl halides is 6. The number of carbonyl (C=O) groups excluding carboxylic acids is 1. The maximum absolute atomic E-state index is 13.8. The first-order valence-electron chi connectivity index (χ1n) is 11.6. The van der Waals surface area contributed by atoms with Gasteiger partial charge in [0, 0.05) is 18.0 Å². The SMILES string of the molecule is [C-]#[N+]c1ccc2c(-c3ccccc3)c(N(C)C(=O)C(C)(C)c3cc(C(F)(F)F)cc(C(F)(F)F)c3)ccc2n1. The fraction of sp³-hybridized carbons (Fsp3) is 0.207. The molecule has 0 aliphatic heterocycles. The van der Waals surface area contributed by atoms with Gasteiger partial charge < -0.3 is 9.74 Å². The second-order valence-electron chi connectivity index (χ2n) is 9.46. The van der Waals surface area contributed by atoms with Crippen molar-refractivity contribution in [1.29, 1.82) is 0 Å². The molecule has 10 heteroatoms. The molecule has 0 unspecified atom stereocenters. The van der Waals surface area contributed by atoms with E-state index in [0.29, 0.717) is 39.8 Å². The number of hydrogen-bond acceptors (Lipinski definition) is 2. The standard InChI is InChI=1S/C29H21F6N3O/c1-27(2,18-14-19(28(30,31)32)16-20(15-18)29(33,34)35)26(39)38(4)23-12-11-22-21(10-13-24(36-3)37-22)25(23)17-8-6-5-7-9-17/h5-16H,1-2,4H3. The minimum absolute atomic E-state index is 0.0367. The first-order valence-corrected chi connectivity index (χ1v) is 11.6. The Kier molecular flexibility index (Phi) is 6.90. The van der Waals surface area contributed by atoms with Crippen LogP contribution in [0.1, 0.15) is 30.5 Å². The van der Waals surface area contributed by atoms with Crippen molar-refractivity contribution in [2.45, 2.75) is 31.6 Å². The van der Waals surface area contributed by atoms with Crippen LogP contribution in [0.4, 0.5) is 37.8 Å². The van der Waals surface area contributed by atoms with Crippen LogP contribution in [0.3, 0.4) is 0 Å². The molecule has 4 nitrogen and oxygen atoms in total. The molecule has 0 aliphatic carbocycles. The van der Waals surface area contributed by atoms with E-state index in [4.69, 9.17) is 6.57 Å². The van der Waals surface area contributed by atoms with E-state index in [-0.39, 0.29) is 11.9 Å². The van der Waals surface area contributed by atoms with Crippen molar-refractivity contribution in [1.82, 2.24) is 4.98 Å². The molecule has 0 spiro atoms. The fourth-order valence-corrected chi connectivity index (χ4v) is 4.40. The Morgan fingerprint density at radius 3 is 1.92 bits per heavy atom. The number of anilines is 1. The number of nitrogens with zero attached hydrogens (tertiary/aromatic N) is 3. The van der Waals surface area contributed by atoms with Crippen LogP contribution in [0.25, 0.3) is 26.9 Å². The van der Waals surface area contributed by atoms with Gasteiger partial charge in [0.05, 0.1) is 22.2 Å². The van der Waals surface area contributed by atoms with Gasteiger partial charge in [-0.1, -0.05) is 43.0 Å². The van der Waals surface area contributed by atoms with E-state index >= 15 is 0 Å². The van der Waals surface area contributed by atoms with Crippen LogP contribution >= 0.6 is 0 Å². The minimum Gasteiger partial charge on any atom is -0.361 e. The largest absolute Gasteiger partial charge is 0.416 e. The van der Waals surface area contributed by atoms with Crippen LogP contribution in [-0.2, 0) is 22.6 Å². The summed E-state index contributed by atoms with van der Waals surface area (Å²) in [5.41, 5.74) is -3.06. The highest BCUT2D eigenvalue weighted by atomic mass is 19.4. The third-order valence-corrected chi connectivity index (χ3v) is 6.52. The lowest BCUT2D eigenvalue weighted by Gasteiger charge is -2.32. The smallest absolute Gasteiger partial charge is 0.361 e. The van der Waals surface area contributed by atoms with Gasteiger partial charge in [-0.15, -0.1) is 4.98 Å². The Morgan fingerprint density at radius 2 is 1.38 bits per heavy atom. The number of pyridine rings is 1. The van der Waals surface area contributed by atoms with E-state index in [2.05, 4.69) is 9.83 Å². The molecule has 0 bridgehead atoms. The summed E-state index contributed by atoms with van der Waals surface area (Å²) >= 11 is 0. The number of amides is 1. The summed E-state index contributed by atoms with van der Waals surface area (Å²) in [6.07, 6.45) is -10.1. The molecular formula is C29H21F6N3O. The van der Waals surface area contributed by atoms with Crippen LogP contribution in [0.5, 0.6) is 0 Å². The molecule has 0 radical (unpaired) electrons. The molecule has 1 heterocycles.